The number of hydrogen-bond acceptors (Lipinski definition) is 4. The van der Waals surface area contributed by atoms with Crippen LogP contribution in [-0.2, 0) is 11.3 Å². The smallest absolute Gasteiger partial charge is 0.264 e. The van der Waals surface area contributed by atoms with Crippen molar-refractivity contribution in [1.82, 2.24) is 14.5 Å². The Morgan fingerprint density at radius 3 is 2.61 bits per heavy atom. The largest absolute Gasteiger partial charge is 0.353 e. The number of carbonyl (C=O) groups excluding carboxylic acids is 1. The summed E-state index contributed by atoms with van der Waals surface area (Å²) in [7, 11) is 0. The van der Waals surface area contributed by atoms with Crippen molar-refractivity contribution in [2.24, 2.45) is 0 Å². The molecule has 2 aromatic rings. The maximum absolute atomic E-state index is 12.9. The summed E-state index contributed by atoms with van der Waals surface area (Å²) in [5, 5.41) is 9.60. The van der Waals surface area contributed by atoms with E-state index in [-0.39, 0.29) is 11.5 Å². The molecule has 1 fully saturated rings. The van der Waals surface area contributed by atoms with Crippen LogP contribution in [0.1, 0.15) is 30.3 Å². The molecule has 1 amide bonds. The van der Waals surface area contributed by atoms with Gasteiger partial charge in [0.1, 0.15) is 17.5 Å². The lowest BCUT2D eigenvalue weighted by Gasteiger charge is -2.35. The molecule has 0 spiro atoms. The quantitative estimate of drug-likeness (QED) is 0.593. The highest BCUT2D eigenvalue weighted by Gasteiger charge is 2.24. The van der Waals surface area contributed by atoms with Gasteiger partial charge < -0.3 is 14.4 Å². The van der Waals surface area contributed by atoms with Gasteiger partial charge in [-0.15, -0.1) is 0 Å². The van der Waals surface area contributed by atoms with Crippen LogP contribution in [0.2, 0.25) is 0 Å². The first-order chi connectivity index (χ1) is 13.5. The van der Waals surface area contributed by atoms with Crippen molar-refractivity contribution < 1.29 is 4.79 Å². The number of piperazine rings is 1. The number of aryl methyl sites for hydroxylation is 1. The van der Waals surface area contributed by atoms with Gasteiger partial charge in [0.25, 0.3) is 5.91 Å². The molecule has 0 unspecified atom stereocenters. The zero-order valence-corrected chi connectivity index (χ0v) is 16.9. The van der Waals surface area contributed by atoms with E-state index in [2.05, 4.69) is 40.4 Å². The van der Waals surface area contributed by atoms with E-state index in [1.165, 1.54) is 0 Å². The lowest BCUT2D eigenvalue weighted by Crippen LogP contribution is -2.49. The molecule has 0 saturated carbocycles. The molecule has 6 heteroatoms. The summed E-state index contributed by atoms with van der Waals surface area (Å²) in [6.45, 7) is 9.79. The summed E-state index contributed by atoms with van der Waals surface area (Å²) in [5.41, 5.74) is 3.39. The van der Waals surface area contributed by atoms with Gasteiger partial charge in [0.15, 0.2) is 0 Å². The molecule has 1 saturated heterocycles. The van der Waals surface area contributed by atoms with Gasteiger partial charge >= 0.3 is 0 Å². The molecule has 0 atom stereocenters. The zero-order valence-electron chi connectivity index (χ0n) is 16.9. The number of aromatic nitrogens is 2. The predicted molar refractivity (Wildman–Crippen MR) is 111 cm³/mol. The number of nitrogens with zero attached hydrogens (tertiary/aromatic N) is 5. The molecule has 146 valence electrons. The van der Waals surface area contributed by atoms with E-state index >= 15 is 0 Å². The van der Waals surface area contributed by atoms with Crippen LogP contribution in [-0.4, -0.2) is 46.5 Å². The second-order valence-electron chi connectivity index (χ2n) is 7.12. The van der Waals surface area contributed by atoms with E-state index in [9.17, 15) is 10.1 Å². The zero-order chi connectivity index (χ0) is 20.1. The van der Waals surface area contributed by atoms with Crippen LogP contribution in [0.4, 0.5) is 5.82 Å². The minimum Gasteiger partial charge on any atom is -0.353 e. The minimum absolute atomic E-state index is 0.191. The van der Waals surface area contributed by atoms with Gasteiger partial charge in [-0.1, -0.05) is 13.0 Å². The molecule has 2 aromatic heterocycles. The number of nitriles is 1. The van der Waals surface area contributed by atoms with Crippen LogP contribution < -0.4 is 4.90 Å². The molecule has 0 bridgehead atoms. The highest BCUT2D eigenvalue weighted by Crippen LogP contribution is 2.20. The van der Waals surface area contributed by atoms with Crippen LogP contribution in [0.3, 0.4) is 0 Å². The Bertz CT molecular complexity index is 899. The van der Waals surface area contributed by atoms with E-state index in [0.717, 1.165) is 35.7 Å². The fourth-order valence-corrected chi connectivity index (χ4v) is 3.69. The normalized spacial score (nSPS) is 14.9. The van der Waals surface area contributed by atoms with Gasteiger partial charge in [-0.05, 0) is 50.1 Å². The fraction of sp³-hybridized carbons (Fsp3) is 0.409. The van der Waals surface area contributed by atoms with Gasteiger partial charge in [-0.3, -0.25) is 4.79 Å². The number of anilines is 1. The molecule has 3 heterocycles. The first-order valence-electron chi connectivity index (χ1n) is 9.79. The van der Waals surface area contributed by atoms with Crippen LogP contribution in [0, 0.1) is 25.2 Å². The maximum Gasteiger partial charge on any atom is 0.264 e. The lowest BCUT2D eigenvalue weighted by atomic mass is 10.1. The number of carbonyl (C=O) groups is 1. The summed E-state index contributed by atoms with van der Waals surface area (Å²) in [6.07, 6.45) is 4.56. The summed E-state index contributed by atoms with van der Waals surface area (Å²) in [5.74, 6) is 0.734. The number of hydrogen-bond donors (Lipinski definition) is 0. The second-order valence-corrected chi connectivity index (χ2v) is 7.12. The molecule has 0 radical (unpaired) electrons. The summed E-state index contributed by atoms with van der Waals surface area (Å²) in [6, 6.07) is 10.00. The highest BCUT2D eigenvalue weighted by molar-refractivity contribution is 6.02. The van der Waals surface area contributed by atoms with Crippen molar-refractivity contribution >= 4 is 17.8 Å². The molecule has 1 aliphatic heterocycles. The number of amides is 1. The second kappa shape index (κ2) is 8.75. The Morgan fingerprint density at radius 1 is 1.25 bits per heavy atom. The molecular formula is C22H27N5O. The van der Waals surface area contributed by atoms with Crippen molar-refractivity contribution in [1.29, 1.82) is 5.26 Å². The van der Waals surface area contributed by atoms with Crippen LogP contribution in [0.15, 0.2) is 36.0 Å². The van der Waals surface area contributed by atoms with Crippen molar-refractivity contribution in [2.75, 3.05) is 31.1 Å². The third-order valence-corrected chi connectivity index (χ3v) is 5.25. The molecule has 0 aliphatic carbocycles. The number of pyridine rings is 1. The van der Waals surface area contributed by atoms with Gasteiger partial charge in [0.2, 0.25) is 0 Å². The van der Waals surface area contributed by atoms with E-state index in [1.807, 2.05) is 25.1 Å². The van der Waals surface area contributed by atoms with Crippen LogP contribution in [0.5, 0.6) is 0 Å². The van der Waals surface area contributed by atoms with Crippen molar-refractivity contribution in [2.45, 2.75) is 33.7 Å². The molecule has 3 rings (SSSR count). The monoisotopic (exact) mass is 377 g/mol. The SMILES string of the molecule is CCCn1c(C)cc(/C=C(/C#N)C(=O)N2CCN(c3ccccn3)CC2)c1C. The van der Waals surface area contributed by atoms with E-state index in [4.69, 9.17) is 0 Å². The fourth-order valence-electron chi connectivity index (χ4n) is 3.69. The Hall–Kier alpha value is -3.07. The summed E-state index contributed by atoms with van der Waals surface area (Å²) in [4.78, 5) is 21.2. The van der Waals surface area contributed by atoms with Crippen molar-refractivity contribution in [3.63, 3.8) is 0 Å². The summed E-state index contributed by atoms with van der Waals surface area (Å²) >= 11 is 0. The molecule has 28 heavy (non-hydrogen) atoms. The van der Waals surface area contributed by atoms with Crippen molar-refractivity contribution in [3.05, 3.63) is 53.0 Å². The average molecular weight is 377 g/mol. The van der Waals surface area contributed by atoms with Gasteiger partial charge in [0.05, 0.1) is 0 Å². The van der Waals surface area contributed by atoms with Gasteiger partial charge in [-0.2, -0.15) is 5.26 Å². The lowest BCUT2D eigenvalue weighted by molar-refractivity contribution is -0.126. The van der Waals surface area contributed by atoms with E-state index < -0.39 is 0 Å². The standard InChI is InChI=1S/C22H27N5O/c1-4-9-27-17(2)14-19(18(27)3)15-20(16-23)22(28)26-12-10-25(11-13-26)21-7-5-6-8-24-21/h5-8,14-15H,4,9-13H2,1-3H3/b20-15-. The molecule has 6 nitrogen and oxygen atoms in total. The first-order valence-corrected chi connectivity index (χ1v) is 9.79. The average Bonchev–Trinajstić information content (AvgIpc) is 3.00. The number of rotatable bonds is 5. The topological polar surface area (TPSA) is 65.2 Å². The Balaban J connectivity index is 1.72. The third kappa shape index (κ3) is 4.09. The Morgan fingerprint density at radius 2 is 2.00 bits per heavy atom. The van der Waals surface area contributed by atoms with Gasteiger partial charge in [0, 0.05) is 50.3 Å². The maximum atomic E-state index is 12.9. The highest BCUT2D eigenvalue weighted by atomic mass is 16.2. The molecule has 0 N–H and O–H groups in total. The van der Waals surface area contributed by atoms with Crippen LogP contribution in [0.25, 0.3) is 6.08 Å². The van der Waals surface area contributed by atoms with Crippen LogP contribution >= 0.6 is 0 Å². The first kappa shape index (κ1) is 19.7. The van der Waals surface area contributed by atoms with Gasteiger partial charge in [-0.25, -0.2) is 4.98 Å². The summed E-state index contributed by atoms with van der Waals surface area (Å²) < 4.78 is 2.23. The van der Waals surface area contributed by atoms with E-state index in [0.29, 0.717) is 26.2 Å². The Kier molecular flexibility index (Phi) is 6.15. The predicted octanol–water partition coefficient (Wildman–Crippen LogP) is 3.17. The van der Waals surface area contributed by atoms with E-state index in [1.54, 1.807) is 17.2 Å². The third-order valence-electron chi connectivity index (χ3n) is 5.25. The molecule has 1 aliphatic rings. The molecular weight excluding hydrogens is 350 g/mol. The molecule has 0 aromatic carbocycles. The Labute approximate surface area is 166 Å². The van der Waals surface area contributed by atoms with Crippen molar-refractivity contribution in [3.8, 4) is 6.07 Å². The minimum atomic E-state index is -0.191.